The van der Waals surface area contributed by atoms with Crippen molar-refractivity contribution in [2.24, 2.45) is 0 Å². The summed E-state index contributed by atoms with van der Waals surface area (Å²) < 4.78 is 14.5. The van der Waals surface area contributed by atoms with E-state index in [0.29, 0.717) is 32.7 Å². The van der Waals surface area contributed by atoms with Crippen LogP contribution in [0.3, 0.4) is 0 Å². The monoisotopic (exact) mass is 564 g/mol. The average Bonchev–Trinajstić information content (AvgIpc) is 2.99. The number of hydrazine groups is 1. The van der Waals surface area contributed by atoms with Crippen molar-refractivity contribution in [1.29, 1.82) is 0 Å². The molecule has 4 heterocycles. The summed E-state index contributed by atoms with van der Waals surface area (Å²) >= 11 is 0. The second-order valence-electron chi connectivity index (χ2n) is 10.3. The van der Waals surface area contributed by atoms with Crippen molar-refractivity contribution >= 4 is 29.0 Å². The molecule has 12 nitrogen and oxygen atoms in total. The lowest BCUT2D eigenvalue weighted by atomic mass is 10.1. The van der Waals surface area contributed by atoms with Crippen LogP contribution in [0, 0.1) is 5.82 Å². The number of carbonyl (C=O) groups excluding carboxylic acids is 1. The summed E-state index contributed by atoms with van der Waals surface area (Å²) in [5.74, 6) is -0.786. The van der Waals surface area contributed by atoms with Gasteiger partial charge in [-0.05, 0) is 36.9 Å². The number of hydrogen-bond donors (Lipinski definition) is 4. The molecule has 0 radical (unpaired) electrons. The summed E-state index contributed by atoms with van der Waals surface area (Å²) in [6.45, 7) is 8.48. The van der Waals surface area contributed by atoms with Crippen molar-refractivity contribution in [2.45, 2.75) is 6.54 Å². The summed E-state index contributed by atoms with van der Waals surface area (Å²) in [6.07, 6.45) is 2.64. The van der Waals surface area contributed by atoms with Crippen LogP contribution in [0.5, 0.6) is 0 Å². The summed E-state index contributed by atoms with van der Waals surface area (Å²) in [4.78, 5) is 33.9. The van der Waals surface area contributed by atoms with Gasteiger partial charge < -0.3 is 20.2 Å². The maximum atomic E-state index is 14.5. The highest BCUT2D eigenvalue weighted by molar-refractivity contribution is 5.93. The van der Waals surface area contributed by atoms with E-state index in [-0.39, 0.29) is 24.1 Å². The number of anilines is 4. The maximum absolute atomic E-state index is 14.5. The predicted molar refractivity (Wildman–Crippen MR) is 156 cm³/mol. The van der Waals surface area contributed by atoms with Crippen LogP contribution in [0.1, 0.15) is 16.1 Å². The van der Waals surface area contributed by atoms with Gasteiger partial charge in [0.2, 0.25) is 5.95 Å². The molecule has 1 amide bonds. The van der Waals surface area contributed by atoms with Gasteiger partial charge >= 0.3 is 0 Å². The molecule has 2 aliphatic heterocycles. The number of carbonyl (C=O) groups is 1. The lowest BCUT2D eigenvalue weighted by Gasteiger charge is -2.35. The van der Waals surface area contributed by atoms with E-state index in [9.17, 15) is 9.18 Å². The normalized spacial score (nSPS) is 16.9. The van der Waals surface area contributed by atoms with Crippen LogP contribution in [0.2, 0.25) is 0 Å². The lowest BCUT2D eigenvalue weighted by Crippen LogP contribution is -2.47. The van der Waals surface area contributed by atoms with Gasteiger partial charge in [0.25, 0.3) is 5.91 Å². The van der Waals surface area contributed by atoms with Crippen molar-refractivity contribution in [2.75, 3.05) is 88.2 Å². The molecular formula is C28H37FN10O2. The molecule has 2 fully saturated rings. The van der Waals surface area contributed by atoms with Gasteiger partial charge in [0, 0.05) is 83.0 Å². The largest absolute Gasteiger partial charge is 0.395 e. The van der Waals surface area contributed by atoms with E-state index in [1.165, 1.54) is 5.56 Å². The Morgan fingerprint density at radius 1 is 0.951 bits per heavy atom. The number of aliphatic hydroxyl groups is 1. The molecule has 0 saturated carbocycles. The van der Waals surface area contributed by atoms with E-state index in [0.717, 1.165) is 50.3 Å². The minimum absolute atomic E-state index is 0.0680. The van der Waals surface area contributed by atoms with Crippen LogP contribution in [0.15, 0.2) is 48.8 Å². The first-order valence-electron chi connectivity index (χ1n) is 13.9. The molecule has 2 saturated heterocycles. The van der Waals surface area contributed by atoms with E-state index in [2.05, 4.69) is 65.0 Å². The maximum Gasteiger partial charge on any atom is 0.288 e. The SMILES string of the molecule is CN1CCN(Cc2ccc(Nc3ccnc(C(=O)NNc4ncc(F)c(N5CCN(CCO)CC5)n4)c3)cc2)CC1. The zero-order valence-corrected chi connectivity index (χ0v) is 23.3. The number of aliphatic hydroxyl groups excluding tert-OH is 1. The smallest absolute Gasteiger partial charge is 0.288 e. The zero-order chi connectivity index (χ0) is 28.6. The second kappa shape index (κ2) is 13.6. The second-order valence-corrected chi connectivity index (χ2v) is 10.3. The van der Waals surface area contributed by atoms with E-state index >= 15 is 0 Å². The van der Waals surface area contributed by atoms with Crippen LogP contribution in [-0.2, 0) is 6.54 Å². The fourth-order valence-electron chi connectivity index (χ4n) is 4.90. The Kier molecular flexibility index (Phi) is 9.51. The molecule has 0 spiro atoms. The minimum atomic E-state index is -0.537. The third kappa shape index (κ3) is 7.85. The molecule has 41 heavy (non-hydrogen) atoms. The van der Waals surface area contributed by atoms with E-state index in [1.807, 2.05) is 17.0 Å². The fourth-order valence-corrected chi connectivity index (χ4v) is 4.90. The number of nitrogens with zero attached hydrogens (tertiary/aromatic N) is 7. The third-order valence-corrected chi connectivity index (χ3v) is 7.34. The van der Waals surface area contributed by atoms with Crippen molar-refractivity contribution in [3.8, 4) is 0 Å². The van der Waals surface area contributed by atoms with Gasteiger partial charge in [-0.25, -0.2) is 9.37 Å². The van der Waals surface area contributed by atoms with Gasteiger partial charge in [0.15, 0.2) is 11.6 Å². The number of nitrogens with one attached hydrogen (secondary N) is 3. The number of rotatable bonds is 10. The van der Waals surface area contributed by atoms with Gasteiger partial charge in [0.05, 0.1) is 12.8 Å². The average molecular weight is 565 g/mol. The van der Waals surface area contributed by atoms with Gasteiger partial charge in [0.1, 0.15) is 5.69 Å². The third-order valence-electron chi connectivity index (χ3n) is 7.34. The number of pyridine rings is 1. The minimum Gasteiger partial charge on any atom is -0.395 e. The molecule has 5 rings (SSSR count). The molecule has 13 heteroatoms. The molecule has 4 N–H and O–H groups in total. The highest BCUT2D eigenvalue weighted by atomic mass is 19.1. The van der Waals surface area contributed by atoms with E-state index < -0.39 is 11.7 Å². The number of hydrogen-bond acceptors (Lipinski definition) is 11. The fraction of sp³-hybridized carbons (Fsp3) is 0.429. The molecule has 2 aromatic heterocycles. The highest BCUT2D eigenvalue weighted by Crippen LogP contribution is 2.20. The van der Waals surface area contributed by atoms with Gasteiger partial charge in [-0.2, -0.15) is 4.98 Å². The van der Waals surface area contributed by atoms with Gasteiger partial charge in [-0.15, -0.1) is 0 Å². The standard InChI is InChI=1S/C28H37FN10O2/c1-36-8-10-38(11-9-36)20-21-2-4-22(5-3-21)32-23-6-7-30-25(18-23)27(41)34-35-28-31-19-24(29)26(33-28)39-14-12-37(13-15-39)16-17-40/h2-7,18-19,40H,8-17,20H2,1H3,(H,30,32)(H,34,41)(H,31,33,35). The molecular weight excluding hydrogens is 527 g/mol. The van der Waals surface area contributed by atoms with Crippen LogP contribution in [0.25, 0.3) is 0 Å². The Morgan fingerprint density at radius 3 is 2.41 bits per heavy atom. The van der Waals surface area contributed by atoms with Gasteiger partial charge in [-0.3, -0.25) is 30.4 Å². The first-order chi connectivity index (χ1) is 20.0. The Bertz CT molecular complexity index is 1300. The molecule has 1 aromatic carbocycles. The van der Waals surface area contributed by atoms with E-state index in [4.69, 9.17) is 5.11 Å². The van der Waals surface area contributed by atoms with Crippen molar-refractivity contribution in [3.63, 3.8) is 0 Å². The number of benzene rings is 1. The number of β-amino-alcohol motifs (C(OH)–C–C–N with tert-alkyl or cyclic N) is 1. The van der Waals surface area contributed by atoms with Crippen molar-refractivity contribution < 1.29 is 14.3 Å². The van der Waals surface area contributed by atoms with Crippen LogP contribution in [-0.4, -0.2) is 113 Å². The number of aromatic nitrogens is 3. The van der Waals surface area contributed by atoms with E-state index in [1.54, 1.807) is 18.3 Å². The topological polar surface area (TPSA) is 125 Å². The highest BCUT2D eigenvalue weighted by Gasteiger charge is 2.21. The van der Waals surface area contributed by atoms with Crippen molar-refractivity contribution in [1.82, 2.24) is 35.1 Å². The Labute approximate surface area is 239 Å². The molecule has 2 aliphatic rings. The lowest BCUT2D eigenvalue weighted by molar-refractivity contribution is 0.0957. The summed E-state index contributed by atoms with van der Waals surface area (Å²) in [6, 6.07) is 11.7. The Balaban J connectivity index is 1.14. The molecule has 0 aliphatic carbocycles. The number of amides is 1. The molecule has 3 aromatic rings. The Morgan fingerprint density at radius 2 is 1.68 bits per heavy atom. The van der Waals surface area contributed by atoms with Crippen LogP contribution in [0.4, 0.5) is 27.5 Å². The summed E-state index contributed by atoms with van der Waals surface area (Å²) in [7, 11) is 2.16. The molecule has 0 unspecified atom stereocenters. The number of halogens is 1. The number of likely N-dealkylation sites (N-methyl/N-ethyl adjacent to an activating group) is 1. The van der Waals surface area contributed by atoms with Crippen molar-refractivity contribution in [3.05, 3.63) is 65.9 Å². The predicted octanol–water partition coefficient (Wildman–Crippen LogP) is 1.37. The molecule has 0 bridgehead atoms. The van der Waals surface area contributed by atoms with Crippen LogP contribution < -0.4 is 21.1 Å². The number of piperazine rings is 2. The summed E-state index contributed by atoms with van der Waals surface area (Å²) in [5.41, 5.74) is 8.29. The zero-order valence-electron chi connectivity index (χ0n) is 23.3. The quantitative estimate of drug-likeness (QED) is 0.267. The Hall–Kier alpha value is -3.91. The summed E-state index contributed by atoms with van der Waals surface area (Å²) in [5, 5.41) is 12.4. The van der Waals surface area contributed by atoms with Gasteiger partial charge in [-0.1, -0.05) is 12.1 Å². The first kappa shape index (κ1) is 28.6. The molecule has 0 atom stereocenters. The van der Waals surface area contributed by atoms with Crippen LogP contribution >= 0.6 is 0 Å². The molecule has 218 valence electrons. The first-order valence-corrected chi connectivity index (χ1v) is 13.9.